The zero-order valence-corrected chi connectivity index (χ0v) is 13.2. The van der Waals surface area contributed by atoms with Crippen molar-refractivity contribution < 1.29 is 0 Å². The minimum absolute atomic E-state index is 0.657. The smallest absolute Gasteiger partial charge is 0.193 e. The fraction of sp³-hybridized carbons (Fsp3) is 0.938. The predicted molar refractivity (Wildman–Crippen MR) is 84.1 cm³/mol. The summed E-state index contributed by atoms with van der Waals surface area (Å²) < 4.78 is 0. The van der Waals surface area contributed by atoms with Gasteiger partial charge in [-0.1, -0.05) is 6.42 Å². The van der Waals surface area contributed by atoms with Crippen LogP contribution in [0, 0.1) is 11.3 Å². The molecule has 1 saturated carbocycles. The lowest BCUT2D eigenvalue weighted by atomic mass is 9.68. The van der Waals surface area contributed by atoms with E-state index in [4.69, 9.17) is 4.99 Å². The highest BCUT2D eigenvalue weighted by Gasteiger charge is 2.43. The van der Waals surface area contributed by atoms with Crippen LogP contribution in [-0.4, -0.2) is 62.1 Å². The van der Waals surface area contributed by atoms with Crippen molar-refractivity contribution in [2.24, 2.45) is 16.3 Å². The molecule has 20 heavy (non-hydrogen) atoms. The van der Waals surface area contributed by atoms with Gasteiger partial charge in [0, 0.05) is 32.7 Å². The second-order valence-corrected chi connectivity index (χ2v) is 7.14. The van der Waals surface area contributed by atoms with E-state index in [2.05, 4.69) is 29.1 Å². The van der Waals surface area contributed by atoms with E-state index in [-0.39, 0.29) is 0 Å². The first-order valence-corrected chi connectivity index (χ1v) is 8.43. The number of rotatable bonds is 3. The summed E-state index contributed by atoms with van der Waals surface area (Å²) in [5, 5.41) is 3.51. The van der Waals surface area contributed by atoms with E-state index in [9.17, 15) is 0 Å². The van der Waals surface area contributed by atoms with Crippen molar-refractivity contribution in [3.63, 3.8) is 0 Å². The maximum Gasteiger partial charge on any atom is 0.193 e. The summed E-state index contributed by atoms with van der Waals surface area (Å²) in [5.74, 6) is 1.93. The van der Waals surface area contributed by atoms with Gasteiger partial charge in [0.05, 0.1) is 0 Å². The van der Waals surface area contributed by atoms with Crippen LogP contribution in [0.3, 0.4) is 0 Å². The number of hydrogen-bond donors (Lipinski definition) is 1. The molecule has 2 heterocycles. The molecule has 4 heteroatoms. The Bertz CT molecular complexity index is 361. The molecule has 1 N–H and O–H groups in total. The zero-order chi connectivity index (χ0) is 14.0. The van der Waals surface area contributed by atoms with Gasteiger partial charge in [-0.15, -0.1) is 0 Å². The first kappa shape index (κ1) is 14.2. The normalized spacial score (nSPS) is 30.0. The molecule has 2 saturated heterocycles. The van der Waals surface area contributed by atoms with E-state index in [1.54, 1.807) is 0 Å². The van der Waals surface area contributed by atoms with Gasteiger partial charge in [-0.2, -0.15) is 0 Å². The van der Waals surface area contributed by atoms with Crippen LogP contribution in [0.1, 0.15) is 39.0 Å². The van der Waals surface area contributed by atoms with Gasteiger partial charge >= 0.3 is 0 Å². The summed E-state index contributed by atoms with van der Waals surface area (Å²) in [6, 6.07) is 0. The van der Waals surface area contributed by atoms with Crippen LogP contribution in [-0.2, 0) is 0 Å². The fourth-order valence-corrected chi connectivity index (χ4v) is 4.02. The van der Waals surface area contributed by atoms with Gasteiger partial charge < -0.3 is 15.1 Å². The summed E-state index contributed by atoms with van der Waals surface area (Å²) in [6.45, 7) is 9.05. The lowest BCUT2D eigenvalue weighted by Crippen LogP contribution is -2.42. The van der Waals surface area contributed by atoms with E-state index < -0.39 is 0 Å². The Balaban J connectivity index is 1.57. The molecule has 0 radical (unpaired) electrons. The summed E-state index contributed by atoms with van der Waals surface area (Å²) in [7, 11) is 2.22. The second-order valence-electron chi connectivity index (χ2n) is 7.14. The summed E-state index contributed by atoms with van der Waals surface area (Å²) in [6.07, 6.45) is 7.01. The number of nitrogens with one attached hydrogen (secondary N) is 1. The first-order chi connectivity index (χ1) is 9.71. The molecule has 0 bridgehead atoms. The quantitative estimate of drug-likeness (QED) is 0.630. The predicted octanol–water partition coefficient (Wildman–Crippen LogP) is 1.78. The SMILES string of the molecule is CCNC(=NCC1CCN(C)C1)N1CCC2(CCC2)C1. The van der Waals surface area contributed by atoms with Crippen LogP contribution in [0.4, 0.5) is 0 Å². The average Bonchev–Trinajstić information content (AvgIpc) is 3.00. The molecule has 1 atom stereocenters. The maximum absolute atomic E-state index is 4.94. The lowest BCUT2D eigenvalue weighted by Gasteiger charge is -2.38. The molecule has 0 amide bonds. The minimum Gasteiger partial charge on any atom is -0.357 e. The van der Waals surface area contributed by atoms with Gasteiger partial charge in [0.2, 0.25) is 0 Å². The maximum atomic E-state index is 4.94. The molecule has 0 aromatic rings. The van der Waals surface area contributed by atoms with Gasteiger partial charge in [0.15, 0.2) is 5.96 Å². The van der Waals surface area contributed by atoms with Crippen LogP contribution in [0.25, 0.3) is 0 Å². The number of nitrogens with zero attached hydrogens (tertiary/aromatic N) is 3. The highest BCUT2D eigenvalue weighted by Crippen LogP contribution is 2.47. The van der Waals surface area contributed by atoms with Crippen LogP contribution >= 0.6 is 0 Å². The van der Waals surface area contributed by atoms with Crippen LogP contribution < -0.4 is 5.32 Å². The van der Waals surface area contributed by atoms with Gasteiger partial charge in [-0.05, 0) is 57.5 Å². The van der Waals surface area contributed by atoms with Crippen molar-refractivity contribution in [2.75, 3.05) is 46.3 Å². The molecular weight excluding hydrogens is 248 g/mol. The Morgan fingerprint density at radius 1 is 1.30 bits per heavy atom. The Morgan fingerprint density at radius 2 is 2.15 bits per heavy atom. The molecule has 3 aliphatic rings. The second kappa shape index (κ2) is 5.92. The van der Waals surface area contributed by atoms with Crippen LogP contribution in [0.5, 0.6) is 0 Å². The molecule has 4 nitrogen and oxygen atoms in total. The third-order valence-electron chi connectivity index (χ3n) is 5.48. The number of aliphatic imine (C=N–C) groups is 1. The van der Waals surface area contributed by atoms with E-state index in [1.165, 1.54) is 64.2 Å². The van der Waals surface area contributed by atoms with Crippen molar-refractivity contribution in [1.29, 1.82) is 0 Å². The Hall–Kier alpha value is -0.770. The Morgan fingerprint density at radius 3 is 2.70 bits per heavy atom. The van der Waals surface area contributed by atoms with Gasteiger partial charge in [-0.25, -0.2) is 0 Å². The molecule has 114 valence electrons. The topological polar surface area (TPSA) is 30.9 Å². The van der Waals surface area contributed by atoms with E-state index in [0.29, 0.717) is 5.41 Å². The average molecular weight is 278 g/mol. The lowest BCUT2D eigenvalue weighted by molar-refractivity contribution is 0.151. The summed E-state index contributed by atoms with van der Waals surface area (Å²) >= 11 is 0. The minimum atomic E-state index is 0.657. The zero-order valence-electron chi connectivity index (χ0n) is 13.2. The van der Waals surface area contributed by atoms with E-state index in [0.717, 1.165) is 19.0 Å². The van der Waals surface area contributed by atoms with Crippen molar-refractivity contribution in [2.45, 2.75) is 39.0 Å². The highest BCUT2D eigenvalue weighted by atomic mass is 15.3. The van der Waals surface area contributed by atoms with E-state index in [1.807, 2.05) is 0 Å². The standard InChI is InChI=1S/C16H30N4/c1-3-17-15(18-11-14-5-9-19(2)12-14)20-10-8-16(13-20)6-4-7-16/h14H,3-13H2,1-2H3,(H,17,18). The van der Waals surface area contributed by atoms with Gasteiger partial charge in [0.25, 0.3) is 0 Å². The van der Waals surface area contributed by atoms with Crippen molar-refractivity contribution >= 4 is 5.96 Å². The molecule has 1 unspecified atom stereocenters. The van der Waals surface area contributed by atoms with Gasteiger partial charge in [-0.3, -0.25) is 4.99 Å². The van der Waals surface area contributed by atoms with Crippen LogP contribution in [0.15, 0.2) is 4.99 Å². The Kier molecular flexibility index (Phi) is 4.20. The molecule has 3 rings (SSSR count). The molecule has 1 spiro atoms. The van der Waals surface area contributed by atoms with E-state index >= 15 is 0 Å². The van der Waals surface area contributed by atoms with Gasteiger partial charge in [0.1, 0.15) is 0 Å². The first-order valence-electron chi connectivity index (χ1n) is 8.43. The van der Waals surface area contributed by atoms with Crippen molar-refractivity contribution in [3.05, 3.63) is 0 Å². The summed E-state index contributed by atoms with van der Waals surface area (Å²) in [5.41, 5.74) is 0.657. The molecule has 0 aromatic heterocycles. The molecule has 1 aliphatic carbocycles. The summed E-state index contributed by atoms with van der Waals surface area (Å²) in [4.78, 5) is 9.88. The highest BCUT2D eigenvalue weighted by molar-refractivity contribution is 5.80. The number of hydrogen-bond acceptors (Lipinski definition) is 2. The number of likely N-dealkylation sites (tertiary alicyclic amines) is 2. The third kappa shape index (κ3) is 2.95. The third-order valence-corrected chi connectivity index (χ3v) is 5.48. The fourth-order valence-electron chi connectivity index (χ4n) is 4.02. The number of guanidine groups is 1. The monoisotopic (exact) mass is 278 g/mol. The van der Waals surface area contributed by atoms with Crippen molar-refractivity contribution in [3.8, 4) is 0 Å². The Labute approximate surface area is 123 Å². The van der Waals surface area contributed by atoms with Crippen LogP contribution in [0.2, 0.25) is 0 Å². The molecule has 0 aromatic carbocycles. The largest absolute Gasteiger partial charge is 0.357 e. The molecule has 2 aliphatic heterocycles. The van der Waals surface area contributed by atoms with Crippen molar-refractivity contribution in [1.82, 2.24) is 15.1 Å². The molecular formula is C16H30N4. The molecule has 3 fully saturated rings.